The van der Waals surface area contributed by atoms with Gasteiger partial charge in [-0.05, 0) is 25.7 Å². The lowest BCUT2D eigenvalue weighted by Crippen LogP contribution is -2.29. The van der Waals surface area contributed by atoms with Crippen LogP contribution in [-0.4, -0.2) is 9.55 Å². The lowest BCUT2D eigenvalue weighted by atomic mass is 10.0. The van der Waals surface area contributed by atoms with Gasteiger partial charge in [-0.2, -0.15) is 0 Å². The fourth-order valence-electron chi connectivity index (χ4n) is 2.12. The van der Waals surface area contributed by atoms with E-state index in [1.54, 1.807) is 0 Å². The van der Waals surface area contributed by atoms with Gasteiger partial charge in [-0.1, -0.05) is 0 Å². The van der Waals surface area contributed by atoms with Crippen LogP contribution in [0.15, 0.2) is 6.33 Å². The highest BCUT2D eigenvalue weighted by Gasteiger charge is 2.51. The van der Waals surface area contributed by atoms with Crippen molar-refractivity contribution in [3.05, 3.63) is 17.7 Å². The van der Waals surface area contributed by atoms with E-state index in [-0.39, 0.29) is 11.1 Å². The summed E-state index contributed by atoms with van der Waals surface area (Å²) in [6.07, 6.45) is 6.07. The molecule has 1 aromatic heterocycles. The van der Waals surface area contributed by atoms with Gasteiger partial charge < -0.3 is 16.0 Å². The molecule has 2 saturated carbocycles. The molecule has 0 radical (unpaired) electrons. The van der Waals surface area contributed by atoms with E-state index in [4.69, 9.17) is 11.5 Å². The van der Waals surface area contributed by atoms with Crippen molar-refractivity contribution < 1.29 is 0 Å². The summed E-state index contributed by atoms with van der Waals surface area (Å²) in [6.45, 7) is 0. The zero-order valence-corrected chi connectivity index (χ0v) is 8.45. The Bertz CT molecular complexity index is 385. The van der Waals surface area contributed by atoms with Crippen LogP contribution in [0.5, 0.6) is 0 Å². The van der Waals surface area contributed by atoms with E-state index in [1.807, 2.05) is 17.9 Å². The summed E-state index contributed by atoms with van der Waals surface area (Å²) in [5.74, 6) is 0. The number of imidazole rings is 1. The van der Waals surface area contributed by atoms with Crippen molar-refractivity contribution in [1.29, 1.82) is 0 Å². The molecule has 2 aliphatic carbocycles. The number of nitrogens with zero attached hydrogens (tertiary/aromatic N) is 2. The highest BCUT2D eigenvalue weighted by Crippen LogP contribution is 2.50. The molecule has 0 atom stereocenters. The smallest absolute Gasteiger partial charge is 0.0950 e. The lowest BCUT2D eigenvalue weighted by molar-refractivity contribution is 0.614. The van der Waals surface area contributed by atoms with Crippen LogP contribution in [0.4, 0.5) is 0 Å². The first-order valence-corrected chi connectivity index (χ1v) is 5.15. The lowest BCUT2D eigenvalue weighted by Gasteiger charge is -2.15. The molecular weight excluding hydrogens is 176 g/mol. The SMILES string of the molecule is Cn1cnc(C2(N)CC2)c1C1(N)CC1. The molecule has 4 N–H and O–H groups in total. The predicted octanol–water partition coefficient (Wildman–Crippen LogP) is 0.316. The molecule has 3 rings (SSSR count). The molecule has 14 heavy (non-hydrogen) atoms. The van der Waals surface area contributed by atoms with Crippen LogP contribution in [0.2, 0.25) is 0 Å². The molecule has 0 bridgehead atoms. The normalized spacial score (nSPS) is 26.2. The number of hydrogen-bond acceptors (Lipinski definition) is 3. The Morgan fingerprint density at radius 3 is 2.29 bits per heavy atom. The summed E-state index contributed by atoms with van der Waals surface area (Å²) in [4.78, 5) is 4.41. The van der Waals surface area contributed by atoms with Crippen molar-refractivity contribution in [2.45, 2.75) is 36.8 Å². The zero-order valence-electron chi connectivity index (χ0n) is 8.45. The van der Waals surface area contributed by atoms with Crippen molar-refractivity contribution in [1.82, 2.24) is 9.55 Å². The minimum atomic E-state index is -0.161. The van der Waals surface area contributed by atoms with Gasteiger partial charge in [-0.25, -0.2) is 4.98 Å². The summed E-state index contributed by atoms with van der Waals surface area (Å²) < 4.78 is 2.04. The van der Waals surface area contributed by atoms with Gasteiger partial charge in [0, 0.05) is 7.05 Å². The average Bonchev–Trinajstić information content (AvgIpc) is 3.00. The molecular formula is C10H16N4. The molecule has 0 saturated heterocycles. The van der Waals surface area contributed by atoms with Gasteiger partial charge >= 0.3 is 0 Å². The number of nitrogens with two attached hydrogens (primary N) is 2. The number of rotatable bonds is 2. The van der Waals surface area contributed by atoms with Crippen LogP contribution < -0.4 is 11.5 Å². The summed E-state index contributed by atoms with van der Waals surface area (Å²) in [7, 11) is 2.00. The van der Waals surface area contributed by atoms with Crippen LogP contribution in [-0.2, 0) is 18.1 Å². The van der Waals surface area contributed by atoms with Crippen molar-refractivity contribution >= 4 is 0 Å². The van der Waals surface area contributed by atoms with Gasteiger partial charge in [0.15, 0.2) is 0 Å². The van der Waals surface area contributed by atoms with Crippen LogP contribution in [0, 0.1) is 0 Å². The molecule has 0 spiro atoms. The van der Waals surface area contributed by atoms with Gasteiger partial charge in [0.25, 0.3) is 0 Å². The number of aromatic nitrogens is 2. The Hall–Kier alpha value is -0.870. The molecule has 4 nitrogen and oxygen atoms in total. The Morgan fingerprint density at radius 2 is 1.79 bits per heavy atom. The topological polar surface area (TPSA) is 69.9 Å². The average molecular weight is 192 g/mol. The second-order valence-electron chi connectivity index (χ2n) is 4.86. The molecule has 0 amide bonds. The van der Waals surface area contributed by atoms with Crippen molar-refractivity contribution in [3.8, 4) is 0 Å². The first kappa shape index (κ1) is 8.44. The molecule has 2 aliphatic rings. The number of aryl methyl sites for hydroxylation is 1. The van der Waals surface area contributed by atoms with E-state index in [1.165, 1.54) is 0 Å². The molecule has 0 unspecified atom stereocenters. The van der Waals surface area contributed by atoms with E-state index in [0.29, 0.717) is 0 Å². The van der Waals surface area contributed by atoms with Gasteiger partial charge in [-0.3, -0.25) is 0 Å². The molecule has 1 aromatic rings. The third-order valence-corrected chi connectivity index (χ3v) is 3.46. The minimum Gasteiger partial charge on any atom is -0.336 e. The summed E-state index contributed by atoms with van der Waals surface area (Å²) in [5, 5.41) is 0. The molecule has 2 fully saturated rings. The first-order valence-electron chi connectivity index (χ1n) is 5.15. The Labute approximate surface area is 83.3 Å². The monoisotopic (exact) mass is 192 g/mol. The maximum atomic E-state index is 6.22. The van der Waals surface area contributed by atoms with Crippen LogP contribution in [0.1, 0.15) is 37.1 Å². The molecule has 1 heterocycles. The second kappa shape index (κ2) is 2.20. The van der Waals surface area contributed by atoms with Crippen molar-refractivity contribution in [3.63, 3.8) is 0 Å². The predicted molar refractivity (Wildman–Crippen MR) is 53.4 cm³/mol. The summed E-state index contributed by atoms with van der Waals surface area (Å²) >= 11 is 0. The van der Waals surface area contributed by atoms with Crippen LogP contribution in [0.3, 0.4) is 0 Å². The van der Waals surface area contributed by atoms with E-state index in [0.717, 1.165) is 37.1 Å². The third kappa shape index (κ3) is 0.980. The molecule has 4 heteroatoms. The van der Waals surface area contributed by atoms with E-state index in [2.05, 4.69) is 4.98 Å². The number of hydrogen-bond donors (Lipinski definition) is 2. The largest absolute Gasteiger partial charge is 0.336 e. The highest BCUT2D eigenvalue weighted by atomic mass is 15.1. The van der Waals surface area contributed by atoms with Gasteiger partial charge in [-0.15, -0.1) is 0 Å². The van der Waals surface area contributed by atoms with E-state index < -0.39 is 0 Å². The first-order chi connectivity index (χ1) is 6.55. The quantitative estimate of drug-likeness (QED) is 0.708. The maximum Gasteiger partial charge on any atom is 0.0950 e. The Morgan fingerprint density at radius 1 is 1.21 bits per heavy atom. The zero-order chi connectivity index (χ0) is 9.97. The Balaban J connectivity index is 2.12. The molecule has 0 aromatic carbocycles. The molecule has 76 valence electrons. The maximum absolute atomic E-state index is 6.22. The van der Waals surface area contributed by atoms with E-state index >= 15 is 0 Å². The van der Waals surface area contributed by atoms with E-state index in [9.17, 15) is 0 Å². The summed E-state index contributed by atoms with van der Waals surface area (Å²) in [5.41, 5.74) is 14.3. The fourth-order valence-corrected chi connectivity index (χ4v) is 2.12. The van der Waals surface area contributed by atoms with Gasteiger partial charge in [0.1, 0.15) is 0 Å². The standard InChI is InChI=1S/C10H16N4/c1-14-6-13-7(9(11)2-3-9)8(14)10(12)4-5-10/h6H,2-5,11-12H2,1H3. The fraction of sp³-hybridized carbons (Fsp3) is 0.700. The second-order valence-corrected chi connectivity index (χ2v) is 4.86. The van der Waals surface area contributed by atoms with Crippen molar-refractivity contribution in [2.75, 3.05) is 0 Å². The van der Waals surface area contributed by atoms with Crippen LogP contribution >= 0.6 is 0 Å². The summed E-state index contributed by atoms with van der Waals surface area (Å²) in [6, 6.07) is 0. The third-order valence-electron chi connectivity index (χ3n) is 3.46. The Kier molecular flexibility index (Phi) is 1.33. The molecule has 0 aliphatic heterocycles. The minimum absolute atomic E-state index is 0.129. The van der Waals surface area contributed by atoms with Crippen molar-refractivity contribution in [2.24, 2.45) is 18.5 Å². The van der Waals surface area contributed by atoms with Gasteiger partial charge in [0.05, 0.1) is 28.8 Å². The van der Waals surface area contributed by atoms with Gasteiger partial charge in [0.2, 0.25) is 0 Å². The highest BCUT2D eigenvalue weighted by molar-refractivity contribution is 5.36. The van der Waals surface area contributed by atoms with Crippen LogP contribution in [0.25, 0.3) is 0 Å².